The van der Waals surface area contributed by atoms with Crippen LogP contribution in [0, 0.1) is 11.3 Å². The van der Waals surface area contributed by atoms with Crippen LogP contribution in [0.25, 0.3) is 0 Å². The molecule has 5 nitrogen and oxygen atoms in total. The Labute approximate surface area is 112 Å². The Morgan fingerprint density at radius 3 is 3.00 bits per heavy atom. The van der Waals surface area contributed by atoms with Gasteiger partial charge in [0.15, 0.2) is 0 Å². The Kier molecular flexibility index (Phi) is 4.03. The van der Waals surface area contributed by atoms with Crippen LogP contribution in [0.4, 0.5) is 5.69 Å². The first-order chi connectivity index (χ1) is 9.14. The highest BCUT2D eigenvalue weighted by atomic mass is 16.5. The summed E-state index contributed by atoms with van der Waals surface area (Å²) in [5, 5.41) is 11.2. The Balaban J connectivity index is 1.88. The first kappa shape index (κ1) is 13.4. The highest BCUT2D eigenvalue weighted by Gasteiger charge is 2.45. The fourth-order valence-corrected chi connectivity index (χ4v) is 1.62. The first-order valence-corrected chi connectivity index (χ1v) is 6.34. The maximum Gasteiger partial charge on any atom is 0.244 e. The van der Waals surface area contributed by atoms with Gasteiger partial charge in [0.25, 0.3) is 0 Å². The molecule has 0 spiro atoms. The average Bonchev–Trinajstić information content (AvgIpc) is 3.15. The molecule has 2 rings (SSSR count). The highest BCUT2D eigenvalue weighted by molar-refractivity contribution is 6.00. The number of carbonyl (C=O) groups excluding carboxylic acids is 1. The van der Waals surface area contributed by atoms with E-state index in [1.165, 1.54) is 0 Å². The number of benzene rings is 1. The number of unbranched alkanes of at least 4 members (excludes halogenated alkanes) is 1. The molecule has 0 heterocycles. The minimum absolute atomic E-state index is 0.144. The zero-order chi connectivity index (χ0) is 13.7. The molecular weight excluding hydrogens is 242 g/mol. The number of rotatable bonds is 6. The molecule has 1 aromatic rings. The quantitative estimate of drug-likeness (QED) is 0.762. The summed E-state index contributed by atoms with van der Waals surface area (Å²) in [7, 11) is 0. The topological polar surface area (TPSA) is 88.1 Å². The van der Waals surface area contributed by atoms with Crippen molar-refractivity contribution < 1.29 is 9.53 Å². The summed E-state index contributed by atoms with van der Waals surface area (Å²) >= 11 is 0. The van der Waals surface area contributed by atoms with E-state index in [1.807, 2.05) is 12.1 Å². The fourth-order valence-electron chi connectivity index (χ4n) is 1.62. The number of ether oxygens (including phenoxy) is 1. The number of hydrogen-bond acceptors (Lipinski definition) is 4. The van der Waals surface area contributed by atoms with Crippen molar-refractivity contribution in [2.24, 2.45) is 5.73 Å². The van der Waals surface area contributed by atoms with Crippen LogP contribution in [0.3, 0.4) is 0 Å². The van der Waals surface area contributed by atoms with Crippen molar-refractivity contribution >= 4 is 11.6 Å². The molecule has 1 saturated carbocycles. The maximum atomic E-state index is 11.8. The normalized spacial score (nSPS) is 15.4. The molecule has 0 bridgehead atoms. The molecule has 0 saturated heterocycles. The van der Waals surface area contributed by atoms with Gasteiger partial charge in [0.2, 0.25) is 5.91 Å². The second-order valence-electron chi connectivity index (χ2n) is 4.75. The van der Waals surface area contributed by atoms with Gasteiger partial charge in [0.1, 0.15) is 5.75 Å². The fraction of sp³-hybridized carbons (Fsp3) is 0.429. The van der Waals surface area contributed by atoms with Crippen molar-refractivity contribution in [3.05, 3.63) is 24.3 Å². The SMILES string of the molecule is N#CCCCOc1cccc(NC(=O)C2(N)CC2)c1. The van der Waals surface area contributed by atoms with E-state index in [0.717, 1.165) is 12.8 Å². The lowest BCUT2D eigenvalue weighted by molar-refractivity contribution is -0.118. The lowest BCUT2D eigenvalue weighted by Crippen LogP contribution is -2.37. The van der Waals surface area contributed by atoms with Gasteiger partial charge in [-0.2, -0.15) is 5.26 Å². The summed E-state index contributed by atoms with van der Waals surface area (Å²) in [6.07, 6.45) is 2.65. The Bertz CT molecular complexity index is 504. The first-order valence-electron chi connectivity index (χ1n) is 6.34. The molecule has 0 aromatic heterocycles. The summed E-state index contributed by atoms with van der Waals surface area (Å²) in [5.41, 5.74) is 5.82. The number of nitrogens with zero attached hydrogens (tertiary/aromatic N) is 1. The molecule has 19 heavy (non-hydrogen) atoms. The lowest BCUT2D eigenvalue weighted by Gasteiger charge is -2.11. The lowest BCUT2D eigenvalue weighted by atomic mass is 10.2. The van der Waals surface area contributed by atoms with Gasteiger partial charge in [-0.05, 0) is 31.4 Å². The highest BCUT2D eigenvalue weighted by Crippen LogP contribution is 2.33. The van der Waals surface area contributed by atoms with Crippen molar-refractivity contribution in [2.75, 3.05) is 11.9 Å². The van der Waals surface area contributed by atoms with Crippen molar-refractivity contribution in [3.8, 4) is 11.8 Å². The predicted molar refractivity (Wildman–Crippen MR) is 71.6 cm³/mol. The third kappa shape index (κ3) is 3.70. The molecule has 1 amide bonds. The maximum absolute atomic E-state index is 11.8. The second kappa shape index (κ2) is 5.72. The molecule has 100 valence electrons. The van der Waals surface area contributed by atoms with Crippen molar-refractivity contribution in [1.29, 1.82) is 5.26 Å². The summed E-state index contributed by atoms with van der Waals surface area (Å²) in [6, 6.07) is 9.25. The van der Waals surface area contributed by atoms with Gasteiger partial charge in [-0.15, -0.1) is 0 Å². The van der Waals surface area contributed by atoms with E-state index in [2.05, 4.69) is 11.4 Å². The number of nitrogens with one attached hydrogen (secondary N) is 1. The minimum atomic E-state index is -0.677. The molecule has 5 heteroatoms. The third-order valence-electron chi connectivity index (χ3n) is 3.03. The smallest absolute Gasteiger partial charge is 0.244 e. The number of anilines is 1. The van der Waals surface area contributed by atoms with Crippen LogP contribution in [0.15, 0.2) is 24.3 Å². The van der Waals surface area contributed by atoms with Crippen molar-refractivity contribution in [1.82, 2.24) is 0 Å². The molecule has 0 radical (unpaired) electrons. The van der Waals surface area contributed by atoms with Crippen LogP contribution in [-0.2, 0) is 4.79 Å². The Morgan fingerprint density at radius 1 is 1.53 bits per heavy atom. The Hall–Kier alpha value is -2.06. The Morgan fingerprint density at radius 2 is 2.32 bits per heavy atom. The summed E-state index contributed by atoms with van der Waals surface area (Å²) < 4.78 is 5.50. The van der Waals surface area contributed by atoms with Crippen molar-refractivity contribution in [2.45, 2.75) is 31.2 Å². The summed E-state index contributed by atoms with van der Waals surface area (Å²) in [5.74, 6) is 0.534. The number of hydrogen-bond donors (Lipinski definition) is 2. The van der Waals surface area contributed by atoms with E-state index in [-0.39, 0.29) is 5.91 Å². The van der Waals surface area contributed by atoms with Gasteiger partial charge in [0.05, 0.1) is 18.2 Å². The van der Waals surface area contributed by atoms with E-state index < -0.39 is 5.54 Å². The van der Waals surface area contributed by atoms with Gasteiger partial charge in [-0.25, -0.2) is 0 Å². The summed E-state index contributed by atoms with van der Waals surface area (Å²) in [4.78, 5) is 11.8. The monoisotopic (exact) mass is 259 g/mol. The van der Waals surface area contributed by atoms with E-state index in [4.69, 9.17) is 15.7 Å². The van der Waals surface area contributed by atoms with Crippen molar-refractivity contribution in [3.63, 3.8) is 0 Å². The van der Waals surface area contributed by atoms with Crippen LogP contribution in [0.2, 0.25) is 0 Å². The second-order valence-corrected chi connectivity index (χ2v) is 4.75. The molecule has 1 fully saturated rings. The van der Waals surface area contributed by atoms with Crippen LogP contribution in [0.5, 0.6) is 5.75 Å². The van der Waals surface area contributed by atoms with Crippen LogP contribution in [0.1, 0.15) is 25.7 Å². The van der Waals surface area contributed by atoms with E-state index >= 15 is 0 Å². The van der Waals surface area contributed by atoms with Crippen LogP contribution >= 0.6 is 0 Å². The van der Waals surface area contributed by atoms with E-state index in [0.29, 0.717) is 30.9 Å². The van der Waals surface area contributed by atoms with Gasteiger partial charge < -0.3 is 15.8 Å². The van der Waals surface area contributed by atoms with Gasteiger partial charge >= 0.3 is 0 Å². The van der Waals surface area contributed by atoms with E-state index in [1.54, 1.807) is 12.1 Å². The predicted octanol–water partition coefficient (Wildman–Crippen LogP) is 1.80. The number of amides is 1. The largest absolute Gasteiger partial charge is 0.493 e. The van der Waals surface area contributed by atoms with E-state index in [9.17, 15) is 4.79 Å². The van der Waals surface area contributed by atoms with Crippen LogP contribution in [-0.4, -0.2) is 18.1 Å². The zero-order valence-corrected chi connectivity index (χ0v) is 10.7. The molecule has 0 unspecified atom stereocenters. The molecule has 1 aromatic carbocycles. The molecule has 3 N–H and O–H groups in total. The van der Waals surface area contributed by atoms with Gasteiger partial charge in [-0.1, -0.05) is 6.07 Å². The molecule has 0 aliphatic heterocycles. The zero-order valence-electron chi connectivity index (χ0n) is 10.7. The molecule has 1 aliphatic rings. The molecule has 0 atom stereocenters. The number of nitriles is 1. The van der Waals surface area contributed by atoms with Crippen LogP contribution < -0.4 is 15.8 Å². The third-order valence-corrected chi connectivity index (χ3v) is 3.03. The van der Waals surface area contributed by atoms with Gasteiger partial charge in [-0.3, -0.25) is 4.79 Å². The standard InChI is InChI=1S/C14H17N3O2/c15-8-1-2-9-19-12-5-3-4-11(10-12)17-13(18)14(16)6-7-14/h3-5,10H,1-2,6-7,9,16H2,(H,17,18). The number of nitrogens with two attached hydrogens (primary N) is 1. The molecular formula is C14H17N3O2. The summed E-state index contributed by atoms with van der Waals surface area (Å²) in [6.45, 7) is 0.492. The average molecular weight is 259 g/mol. The number of carbonyl (C=O) groups is 1. The minimum Gasteiger partial charge on any atom is -0.493 e. The molecule has 1 aliphatic carbocycles. The van der Waals surface area contributed by atoms with Gasteiger partial charge in [0, 0.05) is 18.2 Å².